The lowest BCUT2D eigenvalue weighted by atomic mass is 10.0. The fourth-order valence-electron chi connectivity index (χ4n) is 2.71. The Bertz CT molecular complexity index is 842. The van der Waals surface area contributed by atoms with Crippen LogP contribution in [0.3, 0.4) is 0 Å². The third-order valence-electron chi connectivity index (χ3n) is 4.12. The normalized spacial score (nSPS) is 14.0. The van der Waals surface area contributed by atoms with E-state index in [9.17, 15) is 4.79 Å². The number of aromatic nitrogens is 2. The number of hydrogen-bond donors (Lipinski definition) is 3. The molecule has 0 radical (unpaired) electrons. The zero-order valence-corrected chi connectivity index (χ0v) is 15.1. The lowest BCUT2D eigenvalue weighted by Gasteiger charge is -2.27. The minimum atomic E-state index is -0.0540. The van der Waals surface area contributed by atoms with E-state index in [-0.39, 0.29) is 18.2 Å². The van der Waals surface area contributed by atoms with Gasteiger partial charge >= 0.3 is 0 Å². The van der Waals surface area contributed by atoms with Crippen LogP contribution in [-0.4, -0.2) is 61.5 Å². The van der Waals surface area contributed by atoms with Crippen LogP contribution >= 0.6 is 0 Å². The minimum Gasteiger partial charge on any atom is -0.491 e. The predicted octanol–water partition coefficient (Wildman–Crippen LogP) is 0.436. The lowest BCUT2D eigenvalue weighted by Crippen LogP contribution is -2.48. The monoisotopic (exact) mass is 370 g/mol. The smallest absolute Gasteiger partial charge is 0.239 e. The summed E-state index contributed by atoms with van der Waals surface area (Å²) in [7, 11) is 1.60. The summed E-state index contributed by atoms with van der Waals surface area (Å²) in [6, 6.07) is 6.85. The molecule has 4 N–H and O–H groups in total. The topological polar surface area (TPSA) is 126 Å². The van der Waals surface area contributed by atoms with Gasteiger partial charge in [-0.05, 0) is 18.2 Å². The van der Waals surface area contributed by atoms with Gasteiger partial charge in [0.05, 0.1) is 24.6 Å². The number of ether oxygens (including phenoxy) is 2. The van der Waals surface area contributed by atoms with Gasteiger partial charge in [-0.1, -0.05) is 0 Å². The van der Waals surface area contributed by atoms with Gasteiger partial charge in [0.25, 0.3) is 0 Å². The molecule has 1 aromatic carbocycles. The van der Waals surface area contributed by atoms with E-state index in [1.807, 2.05) is 4.90 Å². The molecule has 9 heteroatoms. The molecule has 1 saturated heterocycles. The molecule has 142 valence electrons. The second-order valence-electron chi connectivity index (χ2n) is 6.00. The Morgan fingerprint density at radius 2 is 2.19 bits per heavy atom. The van der Waals surface area contributed by atoms with Gasteiger partial charge in [-0.25, -0.2) is 9.97 Å². The number of benzene rings is 1. The number of methoxy groups -OCH3 is 1. The Labute approximate surface area is 157 Å². The summed E-state index contributed by atoms with van der Waals surface area (Å²) in [4.78, 5) is 21.9. The van der Waals surface area contributed by atoms with Gasteiger partial charge in [0.1, 0.15) is 24.5 Å². The summed E-state index contributed by atoms with van der Waals surface area (Å²) in [5.74, 6) is 1.15. The van der Waals surface area contributed by atoms with Crippen molar-refractivity contribution in [2.75, 3.05) is 50.6 Å². The molecule has 0 aliphatic carbocycles. The number of rotatable bonds is 7. The van der Waals surface area contributed by atoms with E-state index in [1.165, 1.54) is 6.33 Å². The van der Waals surface area contributed by atoms with Gasteiger partial charge in [-0.15, -0.1) is 0 Å². The van der Waals surface area contributed by atoms with E-state index in [2.05, 4.69) is 15.3 Å². The zero-order chi connectivity index (χ0) is 19.2. The van der Waals surface area contributed by atoms with Crippen molar-refractivity contribution < 1.29 is 14.3 Å². The minimum absolute atomic E-state index is 0.0540. The number of piperazine rings is 1. The average Bonchev–Trinajstić information content (AvgIpc) is 2.69. The van der Waals surface area contributed by atoms with E-state index >= 15 is 0 Å². The van der Waals surface area contributed by atoms with Crippen LogP contribution in [0.15, 0.2) is 30.6 Å². The molecule has 9 nitrogen and oxygen atoms in total. The van der Waals surface area contributed by atoms with Crippen molar-refractivity contribution in [3.63, 3.8) is 0 Å². The first-order valence-corrected chi connectivity index (χ1v) is 8.52. The number of amides is 1. The van der Waals surface area contributed by atoms with E-state index in [0.717, 1.165) is 0 Å². The van der Waals surface area contributed by atoms with Crippen molar-refractivity contribution in [2.45, 2.75) is 0 Å². The summed E-state index contributed by atoms with van der Waals surface area (Å²) in [5.41, 5.74) is 7.61. The first-order chi connectivity index (χ1) is 13.1. The van der Waals surface area contributed by atoms with Crippen molar-refractivity contribution >= 4 is 23.1 Å². The van der Waals surface area contributed by atoms with Crippen LogP contribution in [0.25, 0.3) is 0 Å². The van der Waals surface area contributed by atoms with Gasteiger partial charge in [0, 0.05) is 37.5 Å². The molecule has 0 unspecified atom stereocenters. The Balaban J connectivity index is 1.82. The highest BCUT2D eigenvalue weighted by Gasteiger charge is 2.19. The number of nitrogens with two attached hydrogens (primary N) is 1. The number of anilines is 2. The summed E-state index contributed by atoms with van der Waals surface area (Å²) >= 11 is 0. The molecule has 1 aliphatic heterocycles. The third kappa shape index (κ3) is 4.50. The Morgan fingerprint density at radius 3 is 2.96 bits per heavy atom. The number of nitrogens with one attached hydrogen (secondary N) is 2. The molecule has 3 rings (SSSR count). The molecular formula is C18H22N6O3. The molecule has 2 aromatic rings. The molecule has 27 heavy (non-hydrogen) atoms. The summed E-state index contributed by atoms with van der Waals surface area (Å²) in [6.45, 7) is 2.32. The number of nitrogens with zero attached hydrogens (tertiary/aromatic N) is 3. The largest absolute Gasteiger partial charge is 0.491 e. The number of nitrogen functional groups attached to an aromatic ring is 1. The molecule has 0 bridgehead atoms. The zero-order valence-electron chi connectivity index (χ0n) is 15.1. The summed E-state index contributed by atoms with van der Waals surface area (Å²) in [6.07, 6.45) is 1.39. The van der Waals surface area contributed by atoms with Gasteiger partial charge < -0.3 is 25.4 Å². The first kappa shape index (κ1) is 18.6. The quantitative estimate of drug-likeness (QED) is 0.367. The molecule has 1 aromatic heterocycles. The van der Waals surface area contributed by atoms with Crippen LogP contribution in [0.1, 0.15) is 11.3 Å². The van der Waals surface area contributed by atoms with Crippen molar-refractivity contribution in [1.29, 1.82) is 5.41 Å². The highest BCUT2D eigenvalue weighted by molar-refractivity contribution is 6.13. The molecule has 0 spiro atoms. The first-order valence-electron chi connectivity index (χ1n) is 8.52. The Hall–Kier alpha value is -3.20. The van der Waals surface area contributed by atoms with Crippen LogP contribution in [-0.2, 0) is 9.53 Å². The van der Waals surface area contributed by atoms with Gasteiger partial charge in [0.15, 0.2) is 0 Å². The second kappa shape index (κ2) is 8.45. The van der Waals surface area contributed by atoms with Crippen molar-refractivity contribution in [3.8, 4) is 5.75 Å². The molecular weight excluding hydrogens is 348 g/mol. The van der Waals surface area contributed by atoms with Crippen LogP contribution in [0.2, 0.25) is 0 Å². The third-order valence-corrected chi connectivity index (χ3v) is 4.12. The van der Waals surface area contributed by atoms with Gasteiger partial charge in [0.2, 0.25) is 5.91 Å². The lowest BCUT2D eigenvalue weighted by molar-refractivity contribution is -0.120. The van der Waals surface area contributed by atoms with Gasteiger partial charge in [-0.2, -0.15) is 0 Å². The van der Waals surface area contributed by atoms with E-state index in [4.69, 9.17) is 20.6 Å². The Kier molecular flexibility index (Phi) is 5.82. The van der Waals surface area contributed by atoms with E-state index in [1.54, 1.807) is 31.4 Å². The number of hydrogen-bond acceptors (Lipinski definition) is 8. The van der Waals surface area contributed by atoms with Crippen molar-refractivity contribution in [1.82, 2.24) is 15.3 Å². The summed E-state index contributed by atoms with van der Waals surface area (Å²) in [5, 5.41) is 11.3. The maximum absolute atomic E-state index is 11.6. The van der Waals surface area contributed by atoms with Crippen LogP contribution in [0.5, 0.6) is 5.75 Å². The fraction of sp³-hybridized carbons (Fsp3) is 0.333. The average molecular weight is 370 g/mol. The highest BCUT2D eigenvalue weighted by atomic mass is 16.5. The van der Waals surface area contributed by atoms with Gasteiger partial charge in [-0.3, -0.25) is 10.2 Å². The highest BCUT2D eigenvalue weighted by Crippen LogP contribution is 2.23. The maximum atomic E-state index is 11.6. The Morgan fingerprint density at radius 1 is 1.33 bits per heavy atom. The molecule has 2 heterocycles. The SMILES string of the molecule is COCCOc1ccc(N)c(C(=N)c2cc(N3CCNC(=O)C3)ncn2)c1. The van der Waals surface area contributed by atoms with Crippen molar-refractivity contribution in [3.05, 3.63) is 41.9 Å². The van der Waals surface area contributed by atoms with E-state index in [0.29, 0.717) is 54.8 Å². The van der Waals surface area contributed by atoms with Crippen LogP contribution in [0, 0.1) is 5.41 Å². The molecule has 0 saturated carbocycles. The molecule has 1 fully saturated rings. The molecule has 0 atom stereocenters. The van der Waals surface area contributed by atoms with Crippen LogP contribution in [0.4, 0.5) is 11.5 Å². The second-order valence-corrected chi connectivity index (χ2v) is 6.00. The predicted molar refractivity (Wildman–Crippen MR) is 101 cm³/mol. The number of carbonyl (C=O) groups is 1. The fourth-order valence-corrected chi connectivity index (χ4v) is 2.71. The number of carbonyl (C=O) groups excluding carboxylic acids is 1. The summed E-state index contributed by atoms with van der Waals surface area (Å²) < 4.78 is 10.6. The van der Waals surface area contributed by atoms with Crippen molar-refractivity contribution in [2.24, 2.45) is 0 Å². The molecule has 1 aliphatic rings. The molecule has 1 amide bonds. The standard InChI is InChI=1S/C18H22N6O3/c1-26-6-7-27-12-2-3-14(19)13(8-12)18(20)15-9-16(23-11-22-15)24-5-4-21-17(25)10-24/h2-3,8-9,11,20H,4-7,10,19H2,1H3,(H,21,25). The maximum Gasteiger partial charge on any atom is 0.239 e. The van der Waals surface area contributed by atoms with E-state index < -0.39 is 0 Å². The van der Waals surface area contributed by atoms with Crippen LogP contribution < -0.4 is 20.7 Å².